The minimum absolute atomic E-state index is 0.262. The highest BCUT2D eigenvalue weighted by Gasteiger charge is 2.07. The van der Waals surface area contributed by atoms with Crippen molar-refractivity contribution in [3.63, 3.8) is 0 Å². The van der Waals surface area contributed by atoms with Crippen molar-refractivity contribution in [3.05, 3.63) is 47.5 Å². The predicted molar refractivity (Wildman–Crippen MR) is 103 cm³/mol. The van der Waals surface area contributed by atoms with Crippen LogP contribution in [0.1, 0.15) is 11.1 Å². The van der Waals surface area contributed by atoms with Crippen LogP contribution in [0.15, 0.2) is 36.4 Å². The smallest absolute Gasteiger partial charge is 0.127 e. The van der Waals surface area contributed by atoms with Gasteiger partial charge in [0.25, 0.3) is 0 Å². The SMILES string of the molecule is C[Si](C)CC#Cc1ccc2ccc(C#C[Si](C)(C)C)cc2c1. The second kappa shape index (κ2) is 7.01. The molecule has 0 atom stereocenters. The van der Waals surface area contributed by atoms with Crippen molar-refractivity contribution in [2.45, 2.75) is 38.8 Å². The van der Waals surface area contributed by atoms with Gasteiger partial charge >= 0.3 is 0 Å². The first kappa shape index (κ1) is 16.6. The molecule has 0 spiro atoms. The topological polar surface area (TPSA) is 0 Å². The molecule has 0 N–H and O–H groups in total. The lowest BCUT2D eigenvalue weighted by Crippen LogP contribution is -2.16. The van der Waals surface area contributed by atoms with E-state index in [1.807, 2.05) is 0 Å². The summed E-state index contributed by atoms with van der Waals surface area (Å²) in [5.74, 6) is 9.92. The second-order valence-electron chi connectivity index (χ2n) is 6.96. The summed E-state index contributed by atoms with van der Waals surface area (Å²) in [5, 5.41) is 2.48. The maximum absolute atomic E-state index is 3.43. The maximum atomic E-state index is 3.43. The van der Waals surface area contributed by atoms with E-state index in [2.05, 4.69) is 92.4 Å². The predicted octanol–water partition coefficient (Wildman–Crippen LogP) is 5.17. The molecule has 0 unspecified atom stereocenters. The Morgan fingerprint density at radius 3 is 2.00 bits per heavy atom. The van der Waals surface area contributed by atoms with Gasteiger partial charge in [0.1, 0.15) is 8.07 Å². The van der Waals surface area contributed by atoms with E-state index >= 15 is 0 Å². The summed E-state index contributed by atoms with van der Waals surface area (Å²) >= 11 is 0. The van der Waals surface area contributed by atoms with Crippen molar-refractivity contribution < 1.29 is 0 Å². The number of fused-ring (bicyclic) bond motifs is 1. The molecule has 0 aromatic heterocycles. The molecule has 2 aromatic carbocycles. The van der Waals surface area contributed by atoms with Crippen molar-refractivity contribution in [1.82, 2.24) is 0 Å². The van der Waals surface area contributed by atoms with Gasteiger partial charge in [0.2, 0.25) is 0 Å². The molecule has 2 heteroatoms. The van der Waals surface area contributed by atoms with Gasteiger partial charge in [-0.25, -0.2) is 0 Å². The highest BCUT2D eigenvalue weighted by atomic mass is 28.3. The Morgan fingerprint density at radius 2 is 1.45 bits per heavy atom. The van der Waals surface area contributed by atoms with Crippen molar-refractivity contribution in [2.24, 2.45) is 0 Å². The zero-order valence-corrected chi connectivity index (χ0v) is 16.2. The van der Waals surface area contributed by atoms with Gasteiger partial charge in [-0.3, -0.25) is 0 Å². The first-order valence-electron chi connectivity index (χ1n) is 7.68. The van der Waals surface area contributed by atoms with Crippen molar-refractivity contribution >= 4 is 27.6 Å². The van der Waals surface area contributed by atoms with E-state index in [1.165, 1.54) is 10.8 Å². The quantitative estimate of drug-likeness (QED) is 0.502. The van der Waals surface area contributed by atoms with Gasteiger partial charge in [-0.2, -0.15) is 0 Å². The van der Waals surface area contributed by atoms with Crippen LogP contribution in [0.25, 0.3) is 10.8 Å². The molecule has 0 saturated carbocycles. The van der Waals surface area contributed by atoms with Crippen LogP contribution in [0, 0.1) is 23.3 Å². The molecule has 1 radical (unpaired) electrons. The zero-order valence-electron chi connectivity index (χ0n) is 14.2. The molecule has 0 heterocycles. The van der Waals surface area contributed by atoms with Crippen LogP contribution in [0.5, 0.6) is 0 Å². The van der Waals surface area contributed by atoms with Gasteiger partial charge in [-0.1, -0.05) is 56.7 Å². The van der Waals surface area contributed by atoms with Crippen molar-refractivity contribution in [1.29, 1.82) is 0 Å². The van der Waals surface area contributed by atoms with Crippen LogP contribution >= 0.6 is 0 Å². The fraction of sp³-hybridized carbons (Fsp3) is 0.300. The molecule has 0 aliphatic rings. The highest BCUT2D eigenvalue weighted by molar-refractivity contribution is 6.83. The van der Waals surface area contributed by atoms with E-state index in [1.54, 1.807) is 0 Å². The lowest BCUT2D eigenvalue weighted by Gasteiger charge is -2.04. The second-order valence-corrected chi connectivity index (χ2v) is 14.5. The molecular formula is C20H23Si2. The molecular weight excluding hydrogens is 296 g/mol. The van der Waals surface area contributed by atoms with Gasteiger partial charge in [-0.15, -0.1) is 11.5 Å². The van der Waals surface area contributed by atoms with Crippen LogP contribution in [0.2, 0.25) is 38.8 Å². The van der Waals surface area contributed by atoms with E-state index in [4.69, 9.17) is 0 Å². The molecule has 2 aromatic rings. The van der Waals surface area contributed by atoms with Gasteiger partial charge in [0.15, 0.2) is 0 Å². The number of hydrogen-bond acceptors (Lipinski definition) is 0. The minimum Gasteiger partial charge on any atom is -0.127 e. The van der Waals surface area contributed by atoms with Gasteiger partial charge in [-0.05, 0) is 35.0 Å². The Hall–Kier alpha value is -1.75. The average molecular weight is 320 g/mol. The Bertz CT molecular complexity index is 788. The molecule has 111 valence electrons. The number of benzene rings is 2. The molecule has 0 bridgehead atoms. The lowest BCUT2D eigenvalue weighted by atomic mass is 10.0. The molecule has 2 rings (SSSR count). The van der Waals surface area contributed by atoms with E-state index in [9.17, 15) is 0 Å². The largest absolute Gasteiger partial charge is 0.129 e. The first-order valence-corrected chi connectivity index (χ1v) is 13.9. The molecule has 0 aliphatic carbocycles. The van der Waals surface area contributed by atoms with Gasteiger partial charge in [0, 0.05) is 17.2 Å². The molecule has 0 saturated heterocycles. The van der Waals surface area contributed by atoms with E-state index in [-0.39, 0.29) is 8.80 Å². The van der Waals surface area contributed by atoms with Crippen LogP contribution in [0.4, 0.5) is 0 Å². The fourth-order valence-corrected chi connectivity index (χ4v) is 2.95. The fourth-order valence-electron chi connectivity index (χ4n) is 1.98. The summed E-state index contributed by atoms with van der Waals surface area (Å²) in [6.45, 7) is 11.4. The number of hydrogen-bond donors (Lipinski definition) is 0. The molecule has 0 aliphatic heterocycles. The minimum atomic E-state index is -1.33. The highest BCUT2D eigenvalue weighted by Crippen LogP contribution is 2.17. The van der Waals surface area contributed by atoms with Crippen LogP contribution in [-0.2, 0) is 0 Å². The van der Waals surface area contributed by atoms with E-state index < -0.39 is 8.07 Å². The first-order chi connectivity index (χ1) is 10.3. The third kappa shape index (κ3) is 5.22. The Kier molecular flexibility index (Phi) is 5.30. The molecule has 0 amide bonds. The maximum Gasteiger partial charge on any atom is 0.129 e. The Morgan fingerprint density at radius 1 is 0.864 bits per heavy atom. The Labute approximate surface area is 137 Å². The Balaban J connectivity index is 2.33. The summed E-state index contributed by atoms with van der Waals surface area (Å²) in [4.78, 5) is 0. The summed E-state index contributed by atoms with van der Waals surface area (Å²) < 4.78 is 0. The molecule has 22 heavy (non-hydrogen) atoms. The van der Waals surface area contributed by atoms with Gasteiger partial charge in [0.05, 0.1) is 8.80 Å². The monoisotopic (exact) mass is 319 g/mol. The van der Waals surface area contributed by atoms with Crippen LogP contribution in [0.3, 0.4) is 0 Å². The summed E-state index contributed by atoms with van der Waals surface area (Å²) in [5.41, 5.74) is 5.64. The normalized spacial score (nSPS) is 10.8. The standard InChI is InChI=1S/C20H23Si2/c1-21(2)13-6-7-17-8-10-19-11-9-18(16-20(19)15-17)12-14-22(3,4)5/h8-11,15-16H,13H2,1-5H3. The third-order valence-electron chi connectivity index (χ3n) is 3.10. The molecule has 0 fully saturated rings. The van der Waals surface area contributed by atoms with Crippen molar-refractivity contribution in [2.75, 3.05) is 0 Å². The lowest BCUT2D eigenvalue weighted by molar-refractivity contribution is 1.65. The van der Waals surface area contributed by atoms with Gasteiger partial charge < -0.3 is 0 Å². The number of rotatable bonds is 1. The molecule has 0 nitrogen and oxygen atoms in total. The van der Waals surface area contributed by atoms with E-state index in [0.29, 0.717) is 0 Å². The van der Waals surface area contributed by atoms with E-state index in [0.717, 1.165) is 17.2 Å². The third-order valence-corrected chi connectivity index (χ3v) is 4.86. The van der Waals surface area contributed by atoms with Crippen LogP contribution < -0.4 is 0 Å². The zero-order chi connectivity index (χ0) is 16.2. The summed E-state index contributed by atoms with van der Waals surface area (Å²) in [6, 6.07) is 13.9. The van der Waals surface area contributed by atoms with Crippen LogP contribution in [-0.4, -0.2) is 16.9 Å². The summed E-state index contributed by atoms with van der Waals surface area (Å²) in [6.07, 6.45) is 0. The summed E-state index contributed by atoms with van der Waals surface area (Å²) in [7, 11) is -1.59. The van der Waals surface area contributed by atoms with Crippen molar-refractivity contribution in [3.8, 4) is 23.3 Å². The average Bonchev–Trinajstić information content (AvgIpc) is 2.43.